The van der Waals surface area contributed by atoms with E-state index in [0.29, 0.717) is 0 Å². The Bertz CT molecular complexity index is 345. The number of nitrogens with one attached hydrogen (secondary N) is 2. The van der Waals surface area contributed by atoms with Crippen molar-refractivity contribution in [2.24, 2.45) is 5.92 Å². The molecule has 1 amide bonds. The Morgan fingerprint density at radius 1 is 1.36 bits per heavy atom. The largest absolute Gasteiger partial charge is 0.388 e. The molecule has 2 N–H and O–H groups in total. The maximum atomic E-state index is 11.4. The smallest absolute Gasteiger partial charge is 0.227 e. The van der Waals surface area contributed by atoms with Crippen molar-refractivity contribution in [2.75, 3.05) is 17.7 Å². The first kappa shape index (κ1) is 9.06. The van der Waals surface area contributed by atoms with Crippen LogP contribution < -0.4 is 10.6 Å². The molecule has 0 spiro atoms. The molecule has 1 fully saturated rings. The lowest BCUT2D eigenvalue weighted by Gasteiger charge is -2.06. The molecule has 3 nitrogen and oxygen atoms in total. The molecule has 1 aliphatic rings. The summed E-state index contributed by atoms with van der Waals surface area (Å²) in [6, 6.07) is 7.72. The minimum absolute atomic E-state index is 0.151. The molecule has 0 bridgehead atoms. The Hall–Kier alpha value is -1.51. The fourth-order valence-corrected chi connectivity index (χ4v) is 1.34. The van der Waals surface area contributed by atoms with Crippen LogP contribution >= 0.6 is 0 Å². The number of rotatable bonds is 3. The van der Waals surface area contributed by atoms with Crippen molar-refractivity contribution in [3.63, 3.8) is 0 Å². The van der Waals surface area contributed by atoms with Gasteiger partial charge in [0.1, 0.15) is 0 Å². The van der Waals surface area contributed by atoms with E-state index in [4.69, 9.17) is 0 Å². The van der Waals surface area contributed by atoms with Gasteiger partial charge in [0.05, 0.1) is 0 Å². The third-order valence-corrected chi connectivity index (χ3v) is 2.37. The SMILES string of the molecule is CNc1cccc(NC(=O)C2CC2)c1. The number of hydrogen-bond acceptors (Lipinski definition) is 2. The molecular formula is C11H14N2O. The summed E-state index contributed by atoms with van der Waals surface area (Å²) < 4.78 is 0. The van der Waals surface area contributed by atoms with Crippen LogP contribution in [0.3, 0.4) is 0 Å². The Labute approximate surface area is 83.5 Å². The molecule has 3 heteroatoms. The molecular weight excluding hydrogens is 176 g/mol. The molecule has 0 heterocycles. The molecule has 1 aromatic rings. The zero-order valence-electron chi connectivity index (χ0n) is 8.21. The second-order valence-corrected chi connectivity index (χ2v) is 3.59. The Balaban J connectivity index is 2.04. The summed E-state index contributed by atoms with van der Waals surface area (Å²) in [4.78, 5) is 11.4. The average molecular weight is 190 g/mol. The zero-order valence-corrected chi connectivity index (χ0v) is 8.21. The third-order valence-electron chi connectivity index (χ3n) is 2.37. The Kier molecular flexibility index (Phi) is 2.39. The lowest BCUT2D eigenvalue weighted by molar-refractivity contribution is -0.117. The van der Waals surface area contributed by atoms with Gasteiger partial charge in [0.15, 0.2) is 0 Å². The van der Waals surface area contributed by atoms with E-state index >= 15 is 0 Å². The van der Waals surface area contributed by atoms with Crippen LogP contribution in [0.4, 0.5) is 11.4 Å². The van der Waals surface area contributed by atoms with E-state index in [1.54, 1.807) is 0 Å². The number of carbonyl (C=O) groups is 1. The van der Waals surface area contributed by atoms with E-state index in [-0.39, 0.29) is 11.8 Å². The van der Waals surface area contributed by atoms with Crippen molar-refractivity contribution in [1.29, 1.82) is 0 Å². The summed E-state index contributed by atoms with van der Waals surface area (Å²) in [5.41, 5.74) is 1.88. The van der Waals surface area contributed by atoms with E-state index in [0.717, 1.165) is 24.2 Å². The molecule has 1 aromatic carbocycles. The van der Waals surface area contributed by atoms with Gasteiger partial charge >= 0.3 is 0 Å². The zero-order chi connectivity index (χ0) is 9.97. The van der Waals surface area contributed by atoms with Crippen molar-refractivity contribution >= 4 is 17.3 Å². The Morgan fingerprint density at radius 2 is 2.07 bits per heavy atom. The maximum absolute atomic E-state index is 11.4. The first-order valence-electron chi connectivity index (χ1n) is 4.88. The number of hydrogen-bond donors (Lipinski definition) is 2. The van der Waals surface area contributed by atoms with Crippen LogP contribution in [-0.4, -0.2) is 13.0 Å². The first-order valence-corrected chi connectivity index (χ1v) is 4.88. The molecule has 1 aliphatic carbocycles. The topological polar surface area (TPSA) is 41.1 Å². The lowest BCUT2D eigenvalue weighted by Crippen LogP contribution is -2.13. The molecule has 0 aromatic heterocycles. The van der Waals surface area contributed by atoms with E-state index in [1.807, 2.05) is 31.3 Å². The molecule has 2 rings (SSSR count). The number of benzene rings is 1. The predicted molar refractivity (Wildman–Crippen MR) is 57.3 cm³/mol. The van der Waals surface area contributed by atoms with Gasteiger partial charge in [0.25, 0.3) is 0 Å². The summed E-state index contributed by atoms with van der Waals surface area (Å²) in [7, 11) is 1.86. The van der Waals surface area contributed by atoms with Gasteiger partial charge in [-0.15, -0.1) is 0 Å². The quantitative estimate of drug-likeness (QED) is 0.766. The van der Waals surface area contributed by atoms with Gasteiger partial charge in [-0.3, -0.25) is 4.79 Å². The molecule has 0 aliphatic heterocycles. The van der Waals surface area contributed by atoms with Gasteiger partial charge in [-0.25, -0.2) is 0 Å². The van der Waals surface area contributed by atoms with Crippen LogP contribution in [-0.2, 0) is 4.79 Å². The van der Waals surface area contributed by atoms with Crippen LogP contribution in [0.5, 0.6) is 0 Å². The van der Waals surface area contributed by atoms with Gasteiger partial charge in [-0.05, 0) is 31.0 Å². The summed E-state index contributed by atoms with van der Waals surface area (Å²) in [5, 5.41) is 5.93. The molecule has 74 valence electrons. The highest BCUT2D eigenvalue weighted by Gasteiger charge is 2.29. The van der Waals surface area contributed by atoms with Crippen molar-refractivity contribution < 1.29 is 4.79 Å². The number of anilines is 2. The van der Waals surface area contributed by atoms with Crippen LogP contribution in [0.2, 0.25) is 0 Å². The molecule has 0 atom stereocenters. The highest BCUT2D eigenvalue weighted by Crippen LogP contribution is 2.30. The van der Waals surface area contributed by atoms with E-state index < -0.39 is 0 Å². The molecule has 0 radical (unpaired) electrons. The molecule has 0 saturated heterocycles. The van der Waals surface area contributed by atoms with Crippen molar-refractivity contribution in [1.82, 2.24) is 0 Å². The normalized spacial score (nSPS) is 14.9. The average Bonchev–Trinajstić information content (AvgIpc) is 3.01. The van der Waals surface area contributed by atoms with Crippen molar-refractivity contribution in [2.45, 2.75) is 12.8 Å². The van der Waals surface area contributed by atoms with Crippen molar-refractivity contribution in [3.8, 4) is 0 Å². The van der Waals surface area contributed by atoms with E-state index in [1.165, 1.54) is 0 Å². The standard InChI is InChI=1S/C11H14N2O/c1-12-9-3-2-4-10(7-9)13-11(14)8-5-6-8/h2-4,7-8,12H,5-6H2,1H3,(H,13,14). The molecule has 0 unspecified atom stereocenters. The monoisotopic (exact) mass is 190 g/mol. The van der Waals surface area contributed by atoms with Crippen LogP contribution in [0.15, 0.2) is 24.3 Å². The number of carbonyl (C=O) groups excluding carboxylic acids is 1. The van der Waals surface area contributed by atoms with E-state index in [9.17, 15) is 4.79 Å². The summed E-state index contributed by atoms with van der Waals surface area (Å²) >= 11 is 0. The second-order valence-electron chi connectivity index (χ2n) is 3.59. The Morgan fingerprint density at radius 3 is 2.71 bits per heavy atom. The predicted octanol–water partition coefficient (Wildman–Crippen LogP) is 2.08. The minimum Gasteiger partial charge on any atom is -0.388 e. The second kappa shape index (κ2) is 3.70. The summed E-state index contributed by atoms with van der Waals surface area (Å²) in [5.74, 6) is 0.409. The van der Waals surface area contributed by atoms with Gasteiger partial charge < -0.3 is 10.6 Å². The highest BCUT2D eigenvalue weighted by atomic mass is 16.2. The fraction of sp³-hybridized carbons (Fsp3) is 0.364. The molecule has 14 heavy (non-hydrogen) atoms. The van der Waals surface area contributed by atoms with Crippen molar-refractivity contribution in [3.05, 3.63) is 24.3 Å². The lowest BCUT2D eigenvalue weighted by atomic mass is 10.2. The van der Waals surface area contributed by atoms with Gasteiger partial charge in [0, 0.05) is 24.3 Å². The van der Waals surface area contributed by atoms with Gasteiger partial charge in [-0.2, -0.15) is 0 Å². The first-order chi connectivity index (χ1) is 6.79. The molecule has 1 saturated carbocycles. The number of amides is 1. The van der Waals surface area contributed by atoms with E-state index in [2.05, 4.69) is 10.6 Å². The van der Waals surface area contributed by atoms with Gasteiger partial charge in [0.2, 0.25) is 5.91 Å². The maximum Gasteiger partial charge on any atom is 0.227 e. The van der Waals surface area contributed by atoms with Crippen LogP contribution in [0.1, 0.15) is 12.8 Å². The summed E-state index contributed by atoms with van der Waals surface area (Å²) in [6.45, 7) is 0. The fourth-order valence-electron chi connectivity index (χ4n) is 1.34. The van der Waals surface area contributed by atoms with Crippen LogP contribution in [0.25, 0.3) is 0 Å². The summed E-state index contributed by atoms with van der Waals surface area (Å²) in [6.07, 6.45) is 2.08. The minimum atomic E-state index is 0.151. The highest BCUT2D eigenvalue weighted by molar-refractivity contribution is 5.94. The van der Waals surface area contributed by atoms with Crippen LogP contribution in [0, 0.1) is 5.92 Å². The third kappa shape index (κ3) is 2.05. The van der Waals surface area contributed by atoms with Gasteiger partial charge in [-0.1, -0.05) is 6.07 Å².